The Morgan fingerprint density at radius 2 is 2.05 bits per heavy atom. The molecule has 0 spiro atoms. The summed E-state index contributed by atoms with van der Waals surface area (Å²) in [5.41, 5.74) is 3.50. The fourth-order valence-corrected chi connectivity index (χ4v) is 2.54. The van der Waals surface area contributed by atoms with Gasteiger partial charge < -0.3 is 0 Å². The standard InChI is InChI=1S/C15H12ClN3/c1-2-10-14(16)11-6-8-17-9-13(11)19-15(10)12-5-3-4-7-18-12/h3-9H,2H2,1H3. The van der Waals surface area contributed by atoms with Gasteiger partial charge in [0, 0.05) is 17.8 Å². The Hall–Kier alpha value is -2.00. The second-order valence-electron chi connectivity index (χ2n) is 4.21. The first-order valence-electron chi connectivity index (χ1n) is 6.14. The minimum absolute atomic E-state index is 0.746. The molecular weight excluding hydrogens is 258 g/mol. The van der Waals surface area contributed by atoms with Crippen LogP contribution in [0.3, 0.4) is 0 Å². The van der Waals surface area contributed by atoms with Crippen molar-refractivity contribution in [1.82, 2.24) is 15.0 Å². The molecule has 0 N–H and O–H groups in total. The van der Waals surface area contributed by atoms with Crippen LogP contribution >= 0.6 is 11.6 Å². The van der Waals surface area contributed by atoms with Crippen molar-refractivity contribution in [2.75, 3.05) is 0 Å². The Bertz CT molecular complexity index is 726. The van der Waals surface area contributed by atoms with E-state index in [2.05, 4.69) is 21.9 Å². The summed E-state index contributed by atoms with van der Waals surface area (Å²) in [6.07, 6.45) is 6.04. The molecule has 4 heteroatoms. The van der Waals surface area contributed by atoms with Crippen molar-refractivity contribution < 1.29 is 0 Å². The molecule has 0 saturated carbocycles. The van der Waals surface area contributed by atoms with Gasteiger partial charge in [0.25, 0.3) is 0 Å². The molecule has 0 atom stereocenters. The monoisotopic (exact) mass is 269 g/mol. The zero-order valence-corrected chi connectivity index (χ0v) is 11.2. The second kappa shape index (κ2) is 4.94. The van der Waals surface area contributed by atoms with Gasteiger partial charge in [-0.15, -0.1) is 0 Å². The fourth-order valence-electron chi connectivity index (χ4n) is 2.15. The lowest BCUT2D eigenvalue weighted by atomic mass is 10.1. The zero-order chi connectivity index (χ0) is 13.2. The Balaban J connectivity index is 2.36. The summed E-state index contributed by atoms with van der Waals surface area (Å²) in [5, 5.41) is 1.68. The van der Waals surface area contributed by atoms with Crippen LogP contribution in [0.15, 0.2) is 42.9 Å². The lowest BCUT2D eigenvalue weighted by Gasteiger charge is -2.11. The highest BCUT2D eigenvalue weighted by Gasteiger charge is 2.14. The number of aromatic nitrogens is 3. The molecule has 19 heavy (non-hydrogen) atoms. The number of hydrogen-bond acceptors (Lipinski definition) is 3. The minimum atomic E-state index is 0.746. The van der Waals surface area contributed by atoms with Gasteiger partial charge in [-0.3, -0.25) is 9.97 Å². The highest BCUT2D eigenvalue weighted by atomic mass is 35.5. The van der Waals surface area contributed by atoms with Gasteiger partial charge in [0.05, 0.1) is 28.1 Å². The maximum absolute atomic E-state index is 6.50. The number of pyridine rings is 3. The SMILES string of the molecule is CCc1c(-c2ccccn2)nc2cnccc2c1Cl. The molecule has 0 bridgehead atoms. The van der Waals surface area contributed by atoms with Gasteiger partial charge in [0.1, 0.15) is 0 Å². The molecule has 0 saturated heterocycles. The molecule has 0 aliphatic heterocycles. The van der Waals surface area contributed by atoms with E-state index < -0.39 is 0 Å². The van der Waals surface area contributed by atoms with Crippen LogP contribution in [0.2, 0.25) is 5.02 Å². The third kappa shape index (κ3) is 2.06. The van der Waals surface area contributed by atoms with E-state index in [1.54, 1.807) is 18.6 Å². The Morgan fingerprint density at radius 3 is 2.79 bits per heavy atom. The van der Waals surface area contributed by atoms with Gasteiger partial charge in [0.15, 0.2) is 0 Å². The Morgan fingerprint density at radius 1 is 1.16 bits per heavy atom. The topological polar surface area (TPSA) is 38.7 Å². The number of fused-ring (bicyclic) bond motifs is 1. The second-order valence-corrected chi connectivity index (χ2v) is 4.59. The quantitative estimate of drug-likeness (QED) is 0.708. The van der Waals surface area contributed by atoms with Crippen molar-refractivity contribution in [2.45, 2.75) is 13.3 Å². The van der Waals surface area contributed by atoms with E-state index in [4.69, 9.17) is 11.6 Å². The molecule has 3 aromatic rings. The molecule has 3 heterocycles. The van der Waals surface area contributed by atoms with Gasteiger partial charge in [-0.05, 0) is 30.2 Å². The molecule has 0 aromatic carbocycles. The van der Waals surface area contributed by atoms with Crippen LogP contribution in [0.25, 0.3) is 22.3 Å². The number of nitrogens with zero attached hydrogens (tertiary/aromatic N) is 3. The van der Waals surface area contributed by atoms with Crippen LogP contribution in [0.4, 0.5) is 0 Å². The first kappa shape index (κ1) is 12.1. The van der Waals surface area contributed by atoms with Crippen LogP contribution in [0.5, 0.6) is 0 Å². The van der Waals surface area contributed by atoms with Crippen molar-refractivity contribution >= 4 is 22.5 Å². The summed E-state index contributed by atoms with van der Waals surface area (Å²) < 4.78 is 0. The molecular formula is C15H12ClN3. The third-order valence-corrected chi connectivity index (χ3v) is 3.51. The van der Waals surface area contributed by atoms with E-state index in [0.717, 1.165) is 39.3 Å². The third-order valence-electron chi connectivity index (χ3n) is 3.08. The maximum atomic E-state index is 6.50. The largest absolute Gasteiger partial charge is 0.262 e. The average molecular weight is 270 g/mol. The average Bonchev–Trinajstić information content (AvgIpc) is 2.48. The first-order valence-corrected chi connectivity index (χ1v) is 6.52. The molecule has 0 fully saturated rings. The van der Waals surface area contributed by atoms with E-state index in [9.17, 15) is 0 Å². The highest BCUT2D eigenvalue weighted by Crippen LogP contribution is 2.32. The number of hydrogen-bond donors (Lipinski definition) is 0. The van der Waals surface area contributed by atoms with E-state index in [0.29, 0.717) is 0 Å². The number of halogens is 1. The maximum Gasteiger partial charge on any atom is 0.0941 e. The Kier molecular flexibility index (Phi) is 3.13. The van der Waals surface area contributed by atoms with Gasteiger partial charge in [-0.2, -0.15) is 0 Å². The summed E-state index contributed by atoms with van der Waals surface area (Å²) in [5.74, 6) is 0. The molecule has 0 aliphatic rings. The summed E-state index contributed by atoms with van der Waals surface area (Å²) in [6.45, 7) is 2.07. The predicted molar refractivity (Wildman–Crippen MR) is 77.2 cm³/mol. The fraction of sp³-hybridized carbons (Fsp3) is 0.133. The zero-order valence-electron chi connectivity index (χ0n) is 10.5. The van der Waals surface area contributed by atoms with Crippen LogP contribution < -0.4 is 0 Å². The van der Waals surface area contributed by atoms with E-state index >= 15 is 0 Å². The molecule has 94 valence electrons. The Labute approximate surface area is 116 Å². The van der Waals surface area contributed by atoms with Crippen molar-refractivity contribution in [2.24, 2.45) is 0 Å². The van der Waals surface area contributed by atoms with Crippen molar-refractivity contribution in [1.29, 1.82) is 0 Å². The summed E-state index contributed by atoms with van der Waals surface area (Å²) >= 11 is 6.50. The molecule has 0 radical (unpaired) electrons. The van der Waals surface area contributed by atoms with E-state index in [-0.39, 0.29) is 0 Å². The van der Waals surface area contributed by atoms with Gasteiger partial charge in [-0.25, -0.2) is 4.98 Å². The van der Waals surface area contributed by atoms with Crippen LogP contribution in [0.1, 0.15) is 12.5 Å². The van der Waals surface area contributed by atoms with E-state index in [1.165, 1.54) is 0 Å². The van der Waals surface area contributed by atoms with Crippen LogP contribution in [-0.2, 0) is 6.42 Å². The lowest BCUT2D eigenvalue weighted by molar-refractivity contribution is 1.11. The summed E-state index contributed by atoms with van der Waals surface area (Å²) in [6, 6.07) is 7.68. The van der Waals surface area contributed by atoms with Crippen molar-refractivity contribution in [3.05, 3.63) is 53.4 Å². The van der Waals surface area contributed by atoms with Gasteiger partial charge in [-0.1, -0.05) is 24.6 Å². The number of rotatable bonds is 2. The highest BCUT2D eigenvalue weighted by molar-refractivity contribution is 6.36. The molecule has 3 rings (SSSR count). The molecule has 0 aliphatic carbocycles. The van der Waals surface area contributed by atoms with Crippen molar-refractivity contribution in [3.63, 3.8) is 0 Å². The molecule has 3 nitrogen and oxygen atoms in total. The van der Waals surface area contributed by atoms with Crippen molar-refractivity contribution in [3.8, 4) is 11.4 Å². The predicted octanol–water partition coefficient (Wildman–Crippen LogP) is 3.91. The molecule has 3 aromatic heterocycles. The lowest BCUT2D eigenvalue weighted by Crippen LogP contribution is -1.97. The van der Waals surface area contributed by atoms with Gasteiger partial charge in [0.2, 0.25) is 0 Å². The van der Waals surface area contributed by atoms with Gasteiger partial charge >= 0.3 is 0 Å². The smallest absolute Gasteiger partial charge is 0.0941 e. The van der Waals surface area contributed by atoms with E-state index in [1.807, 2.05) is 24.3 Å². The summed E-state index contributed by atoms with van der Waals surface area (Å²) in [7, 11) is 0. The first-order chi connectivity index (χ1) is 9.31. The van der Waals surface area contributed by atoms with Crippen LogP contribution in [0, 0.1) is 0 Å². The minimum Gasteiger partial charge on any atom is -0.262 e. The summed E-state index contributed by atoms with van der Waals surface area (Å²) in [4.78, 5) is 13.1. The normalized spacial score (nSPS) is 10.8. The molecule has 0 unspecified atom stereocenters. The van der Waals surface area contributed by atoms with Crippen LogP contribution in [-0.4, -0.2) is 15.0 Å². The molecule has 0 amide bonds.